The topological polar surface area (TPSA) is 0 Å². The molecule has 3 heteroatoms. The van der Waals surface area contributed by atoms with Crippen molar-refractivity contribution in [2.75, 3.05) is 0 Å². The second-order valence-electron chi connectivity index (χ2n) is 14.2. The average Bonchev–Trinajstić information content (AvgIpc) is 3.79. The van der Waals surface area contributed by atoms with Crippen molar-refractivity contribution >= 4 is 72.5 Å². The van der Waals surface area contributed by atoms with Gasteiger partial charge in [-0.25, -0.2) is 0 Å². The Bertz CT molecular complexity index is 2480. The van der Waals surface area contributed by atoms with Crippen molar-refractivity contribution in [3.63, 3.8) is 0 Å². The third-order valence-electron chi connectivity index (χ3n) is 10.4. The molecule has 0 aliphatic carbocycles. The van der Waals surface area contributed by atoms with Gasteiger partial charge in [0.2, 0.25) is 0 Å². The highest BCUT2D eigenvalue weighted by molar-refractivity contribution is 7.28. The molecule has 0 unspecified atom stereocenters. The van der Waals surface area contributed by atoms with Crippen LogP contribution in [0.2, 0.25) is 13.1 Å². The number of hydrogen-bond acceptors (Lipinski definition) is 2. The predicted octanol–water partition coefficient (Wildman–Crippen LogP) is 14.4. The first kappa shape index (κ1) is 31.9. The predicted molar refractivity (Wildman–Crippen MR) is 228 cm³/mol. The van der Waals surface area contributed by atoms with Gasteiger partial charge >= 0.3 is 0 Å². The molecule has 1 aliphatic rings. The highest BCUT2D eigenvalue weighted by Gasteiger charge is 2.46. The largest absolute Gasteiger partial charge is 0.135 e. The maximum Gasteiger partial charge on any atom is 0.117 e. The summed E-state index contributed by atoms with van der Waals surface area (Å²) >= 11 is 3.96. The number of thiophene rings is 2. The molecule has 0 atom stereocenters. The first-order chi connectivity index (χ1) is 24.9. The molecule has 51 heavy (non-hydrogen) atoms. The van der Waals surface area contributed by atoms with Gasteiger partial charge in [0.05, 0.1) is 0 Å². The van der Waals surface area contributed by atoms with Crippen molar-refractivity contribution in [1.29, 1.82) is 0 Å². The van der Waals surface area contributed by atoms with Crippen LogP contribution in [0.3, 0.4) is 0 Å². The van der Waals surface area contributed by atoms with Crippen LogP contribution in [0.4, 0.5) is 0 Å². The van der Waals surface area contributed by atoms with Crippen LogP contribution >= 0.6 is 22.7 Å². The lowest BCUT2D eigenvalue weighted by atomic mass is 9.88. The molecular formula is C48H38S2Si. The summed E-state index contributed by atoms with van der Waals surface area (Å²) in [6, 6.07) is 58.7. The summed E-state index contributed by atoms with van der Waals surface area (Å²) in [6.45, 7) is 9.70. The summed E-state index contributed by atoms with van der Waals surface area (Å²) in [4.78, 5) is 2.83. The van der Waals surface area contributed by atoms with E-state index in [2.05, 4.69) is 185 Å². The molecule has 8 aromatic rings. The van der Waals surface area contributed by atoms with Crippen molar-refractivity contribution in [2.24, 2.45) is 0 Å². The normalized spacial score (nSPS) is 14.3. The highest BCUT2D eigenvalue weighted by Crippen LogP contribution is 2.61. The summed E-state index contributed by atoms with van der Waals surface area (Å²) in [5, 5.41) is 5.75. The van der Waals surface area contributed by atoms with Crippen LogP contribution in [0, 0.1) is 13.8 Å². The van der Waals surface area contributed by atoms with Gasteiger partial charge in [-0.1, -0.05) is 170 Å². The van der Waals surface area contributed by atoms with Crippen LogP contribution in [-0.2, 0) is 0 Å². The summed E-state index contributed by atoms with van der Waals surface area (Å²) in [6.07, 6.45) is 0. The monoisotopic (exact) mass is 706 g/mol. The Morgan fingerprint density at radius 3 is 1.18 bits per heavy atom. The van der Waals surface area contributed by atoms with Crippen LogP contribution in [-0.4, -0.2) is 8.07 Å². The fraction of sp³-hybridized carbons (Fsp3) is 0.0833. The molecule has 3 heterocycles. The van der Waals surface area contributed by atoms with Gasteiger partial charge in [0.1, 0.15) is 8.07 Å². The van der Waals surface area contributed by atoms with Gasteiger partial charge in [-0.2, -0.15) is 0 Å². The first-order valence-corrected chi connectivity index (χ1v) is 22.3. The summed E-state index contributed by atoms with van der Waals surface area (Å²) < 4.78 is 2.68. The lowest BCUT2D eigenvalue weighted by molar-refractivity contribution is 1.44. The fourth-order valence-electron chi connectivity index (χ4n) is 8.20. The van der Waals surface area contributed by atoms with E-state index >= 15 is 0 Å². The third kappa shape index (κ3) is 5.31. The zero-order valence-corrected chi connectivity index (χ0v) is 32.0. The Labute approximate surface area is 309 Å². The smallest absolute Gasteiger partial charge is 0.117 e. The van der Waals surface area contributed by atoms with Crippen molar-refractivity contribution in [1.82, 2.24) is 0 Å². The SMILES string of the molecule is Cc1cccc(C2=C(c3sc4ccccc4c3-c3ccccc3)[Si](C)(C)C(c3sc4ccccc4c3-c3ccccc3)=C2c2cccc(C)c2)c1. The highest BCUT2D eigenvalue weighted by atomic mass is 32.1. The minimum atomic E-state index is -2.48. The molecule has 0 spiro atoms. The molecule has 0 radical (unpaired) electrons. The average molecular weight is 707 g/mol. The van der Waals surface area contributed by atoms with Crippen molar-refractivity contribution < 1.29 is 0 Å². The second-order valence-corrected chi connectivity index (χ2v) is 20.6. The Morgan fingerprint density at radius 1 is 0.392 bits per heavy atom. The number of fused-ring (bicyclic) bond motifs is 2. The molecule has 246 valence electrons. The van der Waals surface area contributed by atoms with E-state index in [1.807, 2.05) is 22.7 Å². The molecule has 1 aliphatic heterocycles. The van der Waals surface area contributed by atoms with Gasteiger partial charge in [0, 0.05) is 41.1 Å². The van der Waals surface area contributed by atoms with Gasteiger partial charge in [-0.05, 0) is 69.8 Å². The van der Waals surface area contributed by atoms with E-state index in [-0.39, 0.29) is 0 Å². The van der Waals surface area contributed by atoms with E-state index in [1.165, 1.54) is 96.0 Å². The Kier molecular flexibility index (Phi) is 7.88. The van der Waals surface area contributed by atoms with Crippen LogP contribution < -0.4 is 0 Å². The molecule has 0 fully saturated rings. The van der Waals surface area contributed by atoms with E-state index in [0.717, 1.165) is 0 Å². The van der Waals surface area contributed by atoms with Gasteiger partial charge in [0.15, 0.2) is 0 Å². The van der Waals surface area contributed by atoms with Gasteiger partial charge in [-0.3, -0.25) is 0 Å². The van der Waals surface area contributed by atoms with E-state index in [4.69, 9.17) is 0 Å². The molecule has 0 N–H and O–H groups in total. The summed E-state index contributed by atoms with van der Waals surface area (Å²) in [7, 11) is -2.48. The van der Waals surface area contributed by atoms with Gasteiger partial charge in [0.25, 0.3) is 0 Å². The molecule has 2 aromatic heterocycles. The van der Waals surface area contributed by atoms with Crippen molar-refractivity contribution in [2.45, 2.75) is 26.9 Å². The van der Waals surface area contributed by atoms with Crippen molar-refractivity contribution in [3.8, 4) is 22.3 Å². The minimum absolute atomic E-state index is 1.28. The minimum Gasteiger partial charge on any atom is -0.135 e. The number of benzene rings is 6. The number of hydrogen-bond donors (Lipinski definition) is 0. The fourth-order valence-corrected chi connectivity index (χ4v) is 15.8. The third-order valence-corrected chi connectivity index (χ3v) is 16.6. The van der Waals surface area contributed by atoms with Gasteiger partial charge < -0.3 is 0 Å². The van der Waals surface area contributed by atoms with E-state index in [9.17, 15) is 0 Å². The van der Waals surface area contributed by atoms with E-state index in [1.54, 1.807) is 0 Å². The Morgan fingerprint density at radius 2 is 0.765 bits per heavy atom. The van der Waals surface area contributed by atoms with Crippen LogP contribution in [0.15, 0.2) is 158 Å². The summed E-state index contributed by atoms with van der Waals surface area (Å²) in [5.74, 6) is 0. The lowest BCUT2D eigenvalue weighted by Crippen LogP contribution is -2.28. The lowest BCUT2D eigenvalue weighted by Gasteiger charge is -2.26. The van der Waals surface area contributed by atoms with Crippen molar-refractivity contribution in [3.05, 3.63) is 190 Å². The van der Waals surface area contributed by atoms with E-state index < -0.39 is 8.07 Å². The maximum absolute atomic E-state index is 2.62. The summed E-state index contributed by atoms with van der Waals surface area (Å²) in [5.41, 5.74) is 13.2. The standard InChI is InChI=1S/C48H38S2Si/c1-31-17-15-23-35(29-31)43-44(36-24-16-18-32(2)30-36)48(46-42(34-21-9-6-10-22-34)38-26-12-14-28-40(38)50-46)51(3,4)47(43)45-41(33-19-7-5-8-20-33)37-25-11-13-27-39(37)49-45/h5-30H,1-4H3. The Hall–Kier alpha value is -5.06. The van der Waals surface area contributed by atoms with Crippen LogP contribution in [0.25, 0.3) is 64.0 Å². The first-order valence-electron chi connectivity index (χ1n) is 17.7. The molecule has 6 aromatic carbocycles. The molecule has 0 bridgehead atoms. The number of allylic oxidation sites excluding steroid dienone is 2. The molecule has 0 amide bonds. The number of aryl methyl sites for hydroxylation is 2. The zero-order valence-electron chi connectivity index (χ0n) is 29.3. The molecule has 0 nitrogen and oxygen atoms in total. The van der Waals surface area contributed by atoms with Crippen LogP contribution in [0.5, 0.6) is 0 Å². The number of rotatable bonds is 6. The van der Waals surface area contributed by atoms with Gasteiger partial charge in [-0.15, -0.1) is 22.7 Å². The Balaban J connectivity index is 1.47. The molecular weight excluding hydrogens is 669 g/mol. The molecule has 0 saturated carbocycles. The molecule has 9 rings (SSSR count). The maximum atomic E-state index is 2.62. The second kappa shape index (κ2) is 12.6. The quantitative estimate of drug-likeness (QED) is 0.151. The van der Waals surface area contributed by atoms with E-state index in [0.29, 0.717) is 0 Å². The van der Waals surface area contributed by atoms with Crippen LogP contribution in [0.1, 0.15) is 32.0 Å². The molecule has 0 saturated heterocycles. The zero-order chi connectivity index (χ0) is 34.7.